The summed E-state index contributed by atoms with van der Waals surface area (Å²) in [6.07, 6.45) is 6.01. The molecule has 0 bridgehead atoms. The molecule has 0 aromatic carbocycles. The maximum absolute atomic E-state index is 12.3. The van der Waals surface area contributed by atoms with Gasteiger partial charge in [-0.25, -0.2) is 19.6 Å². The van der Waals surface area contributed by atoms with Crippen LogP contribution in [0.4, 0.5) is 0 Å². The Morgan fingerprint density at radius 2 is 2.10 bits per heavy atom. The van der Waals surface area contributed by atoms with Crippen LogP contribution in [0.5, 0.6) is 0 Å². The Labute approximate surface area is 120 Å². The fraction of sp³-hybridized carbons (Fsp3) is 0.357. The number of aromatic amines is 1. The minimum Gasteiger partial charge on any atom is -0.340 e. The van der Waals surface area contributed by atoms with Gasteiger partial charge in [-0.2, -0.15) is 5.10 Å². The molecule has 1 N–H and O–H groups in total. The van der Waals surface area contributed by atoms with Gasteiger partial charge in [0.2, 0.25) is 0 Å². The molecule has 7 heteroatoms. The summed E-state index contributed by atoms with van der Waals surface area (Å²) in [6.45, 7) is 4.19. The lowest BCUT2D eigenvalue weighted by atomic mass is 9.76. The van der Waals surface area contributed by atoms with Gasteiger partial charge in [-0.3, -0.25) is 4.79 Å². The molecular weight excluding hydrogens is 268 g/mol. The molecule has 106 valence electrons. The number of ketones is 1. The third-order valence-electron chi connectivity index (χ3n) is 3.86. The first-order valence-corrected chi connectivity index (χ1v) is 6.80. The molecule has 7 nitrogen and oxygen atoms in total. The van der Waals surface area contributed by atoms with E-state index in [-0.39, 0.29) is 11.2 Å². The number of H-pyrrole nitrogens is 1. The minimum absolute atomic E-state index is 0.0675. The number of fused-ring (bicyclic) bond motifs is 2. The smallest absolute Gasteiger partial charge is 0.182 e. The van der Waals surface area contributed by atoms with Crippen LogP contribution in [0, 0.1) is 5.41 Å². The molecule has 0 saturated heterocycles. The van der Waals surface area contributed by atoms with E-state index in [1.807, 2.05) is 0 Å². The Morgan fingerprint density at radius 1 is 1.24 bits per heavy atom. The van der Waals surface area contributed by atoms with Crippen LogP contribution >= 0.6 is 0 Å². The summed E-state index contributed by atoms with van der Waals surface area (Å²) in [6, 6.07) is 0. The average Bonchev–Trinajstić information content (AvgIpc) is 3.02. The monoisotopic (exact) mass is 282 g/mol. The van der Waals surface area contributed by atoms with Gasteiger partial charge in [0.15, 0.2) is 17.2 Å². The largest absolute Gasteiger partial charge is 0.340 e. The normalized spacial score (nSPS) is 17.1. The molecule has 3 aromatic heterocycles. The lowest BCUT2D eigenvalue weighted by Gasteiger charge is -2.28. The summed E-state index contributed by atoms with van der Waals surface area (Å²) in [5.41, 5.74) is 2.85. The van der Waals surface area contributed by atoms with Crippen LogP contribution in [-0.2, 0) is 6.42 Å². The lowest BCUT2D eigenvalue weighted by molar-refractivity contribution is 0.0911. The van der Waals surface area contributed by atoms with Crippen molar-refractivity contribution in [1.29, 1.82) is 0 Å². The number of rotatable bonds is 1. The summed E-state index contributed by atoms with van der Waals surface area (Å²) < 4.78 is 1.73. The van der Waals surface area contributed by atoms with Crippen molar-refractivity contribution in [3.05, 3.63) is 30.1 Å². The van der Waals surface area contributed by atoms with E-state index in [1.165, 1.54) is 6.33 Å². The predicted octanol–water partition coefficient (Wildman–Crippen LogP) is 1.69. The van der Waals surface area contributed by atoms with E-state index >= 15 is 0 Å². The zero-order valence-electron chi connectivity index (χ0n) is 11.8. The van der Waals surface area contributed by atoms with Crippen molar-refractivity contribution < 1.29 is 4.79 Å². The second kappa shape index (κ2) is 3.97. The summed E-state index contributed by atoms with van der Waals surface area (Å²) in [5, 5.41) is 4.37. The molecule has 1 aliphatic carbocycles. The molecule has 0 spiro atoms. The fourth-order valence-electron chi connectivity index (χ4n) is 2.92. The molecule has 0 amide bonds. The molecule has 0 aliphatic heterocycles. The van der Waals surface area contributed by atoms with Crippen molar-refractivity contribution in [2.24, 2.45) is 5.41 Å². The number of carbonyl (C=O) groups excluding carboxylic acids is 1. The molecule has 21 heavy (non-hydrogen) atoms. The van der Waals surface area contributed by atoms with E-state index in [1.54, 1.807) is 17.2 Å². The molecule has 0 radical (unpaired) electrons. The summed E-state index contributed by atoms with van der Waals surface area (Å²) >= 11 is 0. The zero-order chi connectivity index (χ0) is 14.6. The van der Waals surface area contributed by atoms with Crippen LogP contribution in [0.3, 0.4) is 0 Å². The molecule has 3 aromatic rings. The molecule has 1 aliphatic rings. The highest BCUT2D eigenvalue weighted by molar-refractivity contribution is 5.98. The van der Waals surface area contributed by atoms with Crippen molar-refractivity contribution in [3.8, 4) is 5.82 Å². The summed E-state index contributed by atoms with van der Waals surface area (Å²) in [5.74, 6) is 0.770. The van der Waals surface area contributed by atoms with Gasteiger partial charge < -0.3 is 4.98 Å². The van der Waals surface area contributed by atoms with Crippen LogP contribution in [0.2, 0.25) is 0 Å². The first-order valence-electron chi connectivity index (χ1n) is 6.80. The highest BCUT2D eigenvalue weighted by Crippen LogP contribution is 2.35. The van der Waals surface area contributed by atoms with Crippen molar-refractivity contribution in [3.63, 3.8) is 0 Å². The van der Waals surface area contributed by atoms with Gasteiger partial charge in [-0.1, -0.05) is 13.8 Å². The first-order chi connectivity index (χ1) is 10.1. The SMILES string of the molecule is CC1(C)CC(=O)c2cnn(-c3ncnc4nc[nH]c34)c2C1. The number of hydrogen-bond donors (Lipinski definition) is 1. The van der Waals surface area contributed by atoms with Gasteiger partial charge >= 0.3 is 0 Å². The number of nitrogens with zero attached hydrogens (tertiary/aromatic N) is 5. The van der Waals surface area contributed by atoms with E-state index in [0.29, 0.717) is 23.4 Å². The zero-order valence-corrected chi connectivity index (χ0v) is 11.8. The number of nitrogens with one attached hydrogen (secondary N) is 1. The van der Waals surface area contributed by atoms with Crippen molar-refractivity contribution in [2.45, 2.75) is 26.7 Å². The Balaban J connectivity index is 1.96. The Kier molecular flexibility index (Phi) is 2.30. The van der Waals surface area contributed by atoms with Crippen LogP contribution in [0.25, 0.3) is 17.0 Å². The molecule has 4 rings (SSSR count). The standard InChI is InChI=1S/C14H14N6O/c1-14(2)3-9-8(10(21)4-14)5-19-20(9)13-11-12(16-6-15-11)17-7-18-13/h5-7H,3-4H2,1-2H3,(H,15,16,17,18). The molecule has 0 atom stereocenters. The number of hydrogen-bond acceptors (Lipinski definition) is 5. The van der Waals surface area contributed by atoms with Crippen LogP contribution in [0.1, 0.15) is 36.3 Å². The second-order valence-corrected chi connectivity index (χ2v) is 6.16. The van der Waals surface area contributed by atoms with Gasteiger partial charge in [0, 0.05) is 6.42 Å². The first kappa shape index (κ1) is 12.2. The minimum atomic E-state index is -0.0675. The quantitative estimate of drug-likeness (QED) is 0.733. The third-order valence-corrected chi connectivity index (χ3v) is 3.86. The Morgan fingerprint density at radius 3 is 2.95 bits per heavy atom. The third kappa shape index (κ3) is 1.77. The number of Topliss-reactive ketones (excluding diaryl/α,β-unsaturated/α-hetero) is 1. The van der Waals surface area contributed by atoms with Crippen molar-refractivity contribution in [1.82, 2.24) is 29.7 Å². The maximum Gasteiger partial charge on any atom is 0.182 e. The maximum atomic E-state index is 12.3. The van der Waals surface area contributed by atoms with E-state index in [2.05, 4.69) is 38.9 Å². The highest BCUT2D eigenvalue weighted by Gasteiger charge is 2.34. The lowest BCUT2D eigenvalue weighted by Crippen LogP contribution is -2.28. The number of carbonyl (C=O) groups is 1. The van der Waals surface area contributed by atoms with E-state index in [4.69, 9.17) is 0 Å². The van der Waals surface area contributed by atoms with E-state index in [0.717, 1.165) is 17.6 Å². The van der Waals surface area contributed by atoms with E-state index < -0.39 is 0 Å². The molecule has 0 fully saturated rings. The van der Waals surface area contributed by atoms with Gasteiger partial charge in [-0.15, -0.1) is 0 Å². The molecular formula is C14H14N6O. The fourth-order valence-corrected chi connectivity index (χ4v) is 2.92. The Hall–Kier alpha value is -2.57. The predicted molar refractivity (Wildman–Crippen MR) is 75.2 cm³/mol. The van der Waals surface area contributed by atoms with E-state index in [9.17, 15) is 4.79 Å². The number of aromatic nitrogens is 6. The van der Waals surface area contributed by atoms with Crippen molar-refractivity contribution >= 4 is 16.9 Å². The Bertz CT molecular complexity index is 859. The number of imidazole rings is 1. The van der Waals surface area contributed by atoms with Crippen LogP contribution < -0.4 is 0 Å². The molecule has 0 saturated carbocycles. The second-order valence-electron chi connectivity index (χ2n) is 6.16. The molecule has 0 unspecified atom stereocenters. The van der Waals surface area contributed by atoms with Crippen LogP contribution in [-0.4, -0.2) is 35.5 Å². The highest BCUT2D eigenvalue weighted by atomic mass is 16.1. The van der Waals surface area contributed by atoms with Gasteiger partial charge in [0.1, 0.15) is 11.8 Å². The topological polar surface area (TPSA) is 89.3 Å². The van der Waals surface area contributed by atoms with Crippen LogP contribution in [0.15, 0.2) is 18.9 Å². The summed E-state index contributed by atoms with van der Waals surface area (Å²) in [7, 11) is 0. The van der Waals surface area contributed by atoms with Gasteiger partial charge in [-0.05, 0) is 11.8 Å². The van der Waals surface area contributed by atoms with Gasteiger partial charge in [0.05, 0.1) is 23.8 Å². The average molecular weight is 282 g/mol. The molecule has 3 heterocycles. The van der Waals surface area contributed by atoms with Crippen molar-refractivity contribution in [2.75, 3.05) is 0 Å². The van der Waals surface area contributed by atoms with Gasteiger partial charge in [0.25, 0.3) is 0 Å². The summed E-state index contributed by atoms with van der Waals surface area (Å²) in [4.78, 5) is 27.8.